The Kier molecular flexibility index (Phi) is 4.55. The van der Waals surface area contributed by atoms with Crippen LogP contribution >= 0.6 is 11.3 Å². The minimum Gasteiger partial charge on any atom is -0.308 e. The van der Waals surface area contributed by atoms with Crippen LogP contribution in [0.15, 0.2) is 24.3 Å². The van der Waals surface area contributed by atoms with Crippen molar-refractivity contribution in [2.24, 2.45) is 0 Å². The maximum atomic E-state index is 4.39. The van der Waals surface area contributed by atoms with Gasteiger partial charge in [0, 0.05) is 5.56 Å². The fraction of sp³-hybridized carbons (Fsp3) is 0.500. The van der Waals surface area contributed by atoms with Crippen molar-refractivity contribution in [1.82, 2.24) is 15.5 Å². The number of rotatable bonds is 4. The van der Waals surface area contributed by atoms with Crippen LogP contribution in [-0.2, 0) is 5.41 Å². The molecule has 0 saturated carbocycles. The normalized spacial score (nSPS) is 13.4. The number of aromatic nitrogens is 2. The second kappa shape index (κ2) is 6.02. The molecule has 0 spiro atoms. The van der Waals surface area contributed by atoms with Crippen LogP contribution in [0.4, 0.5) is 0 Å². The summed E-state index contributed by atoms with van der Waals surface area (Å²) in [5, 5.41) is 14.2. The zero-order valence-corrected chi connectivity index (χ0v) is 13.7. The van der Waals surface area contributed by atoms with Crippen LogP contribution in [0.3, 0.4) is 0 Å². The van der Waals surface area contributed by atoms with Crippen molar-refractivity contribution in [2.45, 2.75) is 46.1 Å². The van der Waals surface area contributed by atoms with Crippen LogP contribution in [0.5, 0.6) is 0 Å². The summed E-state index contributed by atoms with van der Waals surface area (Å²) < 4.78 is 0. The van der Waals surface area contributed by atoms with Crippen molar-refractivity contribution in [3.8, 4) is 10.6 Å². The lowest BCUT2D eigenvalue weighted by Gasteiger charge is -2.21. The van der Waals surface area contributed by atoms with Crippen LogP contribution in [0.25, 0.3) is 10.6 Å². The molecule has 1 atom stereocenters. The lowest BCUT2D eigenvalue weighted by molar-refractivity contribution is 0.589. The van der Waals surface area contributed by atoms with Gasteiger partial charge in [-0.2, -0.15) is 0 Å². The molecule has 108 valence electrons. The molecular weight excluding hydrogens is 266 g/mol. The van der Waals surface area contributed by atoms with E-state index in [4.69, 9.17) is 0 Å². The molecule has 0 aliphatic heterocycles. The van der Waals surface area contributed by atoms with Crippen molar-refractivity contribution in [3.05, 3.63) is 34.8 Å². The molecule has 1 aromatic carbocycles. The molecule has 0 radical (unpaired) electrons. The topological polar surface area (TPSA) is 37.8 Å². The average molecular weight is 289 g/mol. The molecule has 3 nitrogen and oxygen atoms in total. The van der Waals surface area contributed by atoms with Gasteiger partial charge in [0.15, 0.2) is 0 Å². The molecule has 0 fully saturated rings. The molecule has 0 aliphatic carbocycles. The predicted molar refractivity (Wildman–Crippen MR) is 86.1 cm³/mol. The van der Waals surface area contributed by atoms with E-state index in [9.17, 15) is 0 Å². The van der Waals surface area contributed by atoms with Gasteiger partial charge in [-0.05, 0) is 24.4 Å². The van der Waals surface area contributed by atoms with Gasteiger partial charge in [0.2, 0.25) is 0 Å². The summed E-state index contributed by atoms with van der Waals surface area (Å²) in [7, 11) is 0. The number of hydrogen-bond donors (Lipinski definition) is 1. The SMILES string of the molecule is CCNC(C)c1nnc(-c2ccccc2C(C)(C)C)s1. The fourth-order valence-corrected chi connectivity index (χ4v) is 3.14. The van der Waals surface area contributed by atoms with Gasteiger partial charge in [0.05, 0.1) is 6.04 Å². The van der Waals surface area contributed by atoms with Gasteiger partial charge in [-0.25, -0.2) is 0 Å². The Morgan fingerprint density at radius 2 is 1.90 bits per heavy atom. The third-order valence-corrected chi connectivity index (χ3v) is 4.43. The third kappa shape index (κ3) is 3.25. The van der Waals surface area contributed by atoms with E-state index in [0.29, 0.717) is 0 Å². The molecule has 0 bridgehead atoms. The van der Waals surface area contributed by atoms with Gasteiger partial charge in [0.1, 0.15) is 10.0 Å². The Morgan fingerprint density at radius 3 is 2.55 bits per heavy atom. The second-order valence-electron chi connectivity index (χ2n) is 6.02. The summed E-state index contributed by atoms with van der Waals surface area (Å²) >= 11 is 1.68. The van der Waals surface area contributed by atoms with Crippen molar-refractivity contribution >= 4 is 11.3 Å². The standard InChI is InChI=1S/C16H23N3S/c1-6-17-11(2)14-18-19-15(20-14)12-9-7-8-10-13(12)16(3,4)5/h7-11,17H,6H2,1-5H3. The van der Waals surface area contributed by atoms with Crippen molar-refractivity contribution < 1.29 is 0 Å². The Labute approximate surface area is 125 Å². The molecule has 2 aromatic rings. The Bertz CT molecular complexity index is 569. The maximum absolute atomic E-state index is 4.39. The summed E-state index contributed by atoms with van der Waals surface area (Å²) in [4.78, 5) is 0. The minimum absolute atomic E-state index is 0.107. The highest BCUT2D eigenvalue weighted by molar-refractivity contribution is 7.14. The Balaban J connectivity index is 2.38. The van der Waals surface area contributed by atoms with Crippen LogP contribution in [0, 0.1) is 0 Å². The second-order valence-corrected chi connectivity index (χ2v) is 7.03. The van der Waals surface area contributed by atoms with Gasteiger partial charge >= 0.3 is 0 Å². The largest absolute Gasteiger partial charge is 0.308 e. The molecule has 2 rings (SSSR count). The number of benzene rings is 1. The van der Waals surface area contributed by atoms with E-state index in [-0.39, 0.29) is 11.5 Å². The smallest absolute Gasteiger partial charge is 0.148 e. The van der Waals surface area contributed by atoms with E-state index in [1.165, 1.54) is 11.1 Å². The zero-order chi connectivity index (χ0) is 14.8. The molecule has 1 unspecified atom stereocenters. The lowest BCUT2D eigenvalue weighted by Crippen LogP contribution is -2.17. The monoisotopic (exact) mass is 289 g/mol. The lowest BCUT2D eigenvalue weighted by atomic mass is 9.84. The average Bonchev–Trinajstić information content (AvgIpc) is 2.87. The molecule has 1 heterocycles. The Morgan fingerprint density at radius 1 is 1.20 bits per heavy atom. The van der Waals surface area contributed by atoms with Gasteiger partial charge < -0.3 is 5.32 Å². The highest BCUT2D eigenvalue weighted by atomic mass is 32.1. The van der Waals surface area contributed by atoms with E-state index < -0.39 is 0 Å². The first-order valence-electron chi connectivity index (χ1n) is 7.10. The highest BCUT2D eigenvalue weighted by Crippen LogP contribution is 2.35. The van der Waals surface area contributed by atoms with Gasteiger partial charge in [-0.3, -0.25) is 0 Å². The first kappa shape index (κ1) is 15.1. The van der Waals surface area contributed by atoms with Crippen LogP contribution in [0.2, 0.25) is 0 Å². The number of nitrogens with one attached hydrogen (secondary N) is 1. The number of hydrogen-bond acceptors (Lipinski definition) is 4. The van der Waals surface area contributed by atoms with Crippen molar-refractivity contribution in [3.63, 3.8) is 0 Å². The van der Waals surface area contributed by atoms with Gasteiger partial charge in [-0.1, -0.05) is 63.3 Å². The molecule has 4 heteroatoms. The molecule has 0 aliphatic rings. The molecule has 20 heavy (non-hydrogen) atoms. The quantitative estimate of drug-likeness (QED) is 0.918. The molecule has 1 aromatic heterocycles. The van der Waals surface area contributed by atoms with E-state index in [2.05, 4.69) is 74.4 Å². The van der Waals surface area contributed by atoms with Gasteiger partial charge in [-0.15, -0.1) is 10.2 Å². The maximum Gasteiger partial charge on any atom is 0.148 e. The van der Waals surface area contributed by atoms with Crippen molar-refractivity contribution in [1.29, 1.82) is 0 Å². The van der Waals surface area contributed by atoms with Gasteiger partial charge in [0.25, 0.3) is 0 Å². The summed E-state index contributed by atoms with van der Waals surface area (Å²) in [5.41, 5.74) is 2.63. The zero-order valence-electron chi connectivity index (χ0n) is 12.9. The fourth-order valence-electron chi connectivity index (χ4n) is 2.24. The third-order valence-electron chi connectivity index (χ3n) is 3.29. The molecule has 0 amide bonds. The van der Waals surface area contributed by atoms with E-state index in [1.807, 2.05) is 0 Å². The molecular formula is C16H23N3S. The number of nitrogens with zero attached hydrogens (tertiary/aromatic N) is 2. The molecule has 1 N–H and O–H groups in total. The predicted octanol–water partition coefficient (Wildman–Crippen LogP) is 4.17. The van der Waals surface area contributed by atoms with Crippen LogP contribution < -0.4 is 5.32 Å². The summed E-state index contributed by atoms with van der Waals surface area (Å²) in [6.07, 6.45) is 0. The van der Waals surface area contributed by atoms with E-state index >= 15 is 0 Å². The van der Waals surface area contributed by atoms with Crippen molar-refractivity contribution in [2.75, 3.05) is 6.54 Å². The Hall–Kier alpha value is -1.26. The molecule has 0 saturated heterocycles. The minimum atomic E-state index is 0.107. The van der Waals surface area contributed by atoms with E-state index in [0.717, 1.165) is 16.6 Å². The highest BCUT2D eigenvalue weighted by Gasteiger charge is 2.21. The first-order chi connectivity index (χ1) is 9.43. The summed E-state index contributed by atoms with van der Waals surface area (Å²) in [6.45, 7) is 11.9. The first-order valence-corrected chi connectivity index (χ1v) is 7.91. The van der Waals surface area contributed by atoms with E-state index in [1.54, 1.807) is 11.3 Å². The summed E-state index contributed by atoms with van der Waals surface area (Å²) in [6, 6.07) is 8.74. The van der Waals surface area contributed by atoms with Crippen LogP contribution in [0.1, 0.15) is 51.2 Å². The van der Waals surface area contributed by atoms with Crippen LogP contribution in [-0.4, -0.2) is 16.7 Å². The summed E-state index contributed by atoms with van der Waals surface area (Å²) in [5.74, 6) is 0.